The van der Waals surface area contributed by atoms with Gasteiger partial charge < -0.3 is 4.74 Å². The molecule has 1 aromatic carbocycles. The number of benzene rings is 1. The van der Waals surface area contributed by atoms with E-state index in [9.17, 15) is 4.79 Å². The Hall–Kier alpha value is -2.38. The molecule has 1 unspecified atom stereocenters. The number of ether oxygens (including phenoxy) is 2. The zero-order valence-corrected chi connectivity index (χ0v) is 22.4. The summed E-state index contributed by atoms with van der Waals surface area (Å²) in [4.78, 5) is 32.0. The number of thiazole rings is 1. The molecule has 0 saturated carbocycles. The SMILES string of the molecule is CCCCCc1nc2c(N3CCN(C(=O)COc4ccc(OC)cc4)CC3)nc([AsH2])nc2s1. The van der Waals surface area contributed by atoms with Crippen molar-refractivity contribution in [1.82, 2.24) is 19.9 Å². The second-order valence-corrected chi connectivity index (χ2v) is 10.1. The van der Waals surface area contributed by atoms with Crippen LogP contribution >= 0.6 is 11.3 Å². The number of unbranched alkanes of at least 4 members (excludes halogenated alkanes) is 2. The minimum atomic E-state index is -0.00955. The molecule has 1 amide bonds. The number of aryl methyl sites for hydroxylation is 1. The number of carbonyl (C=O) groups excluding carboxylic acids is 1. The van der Waals surface area contributed by atoms with Crippen LogP contribution in [0.25, 0.3) is 10.3 Å². The molecule has 33 heavy (non-hydrogen) atoms. The van der Waals surface area contributed by atoms with Crippen LogP contribution in [0.4, 0.5) is 5.82 Å². The number of piperazine rings is 1. The Morgan fingerprint density at radius 1 is 1.06 bits per heavy atom. The van der Waals surface area contributed by atoms with E-state index >= 15 is 0 Å². The predicted octanol–water partition coefficient (Wildman–Crippen LogP) is 1.81. The van der Waals surface area contributed by atoms with E-state index in [1.165, 1.54) is 29.7 Å². The normalized spacial score (nSPS) is 14.0. The van der Waals surface area contributed by atoms with Gasteiger partial charge in [0.1, 0.15) is 5.75 Å². The van der Waals surface area contributed by atoms with Gasteiger partial charge in [-0.1, -0.05) is 0 Å². The van der Waals surface area contributed by atoms with Gasteiger partial charge >= 0.3 is 177 Å². The molecule has 8 nitrogen and oxygen atoms in total. The van der Waals surface area contributed by atoms with Crippen molar-refractivity contribution in [3.8, 4) is 11.5 Å². The summed E-state index contributed by atoms with van der Waals surface area (Å²) in [5.74, 6) is 2.30. The number of nitrogens with zero attached hydrogens (tertiary/aromatic N) is 5. The molecule has 1 fully saturated rings. The molecular weight excluding hydrogens is 501 g/mol. The summed E-state index contributed by atoms with van der Waals surface area (Å²) < 4.78 is 11.6. The minimum absolute atomic E-state index is 0.00955. The summed E-state index contributed by atoms with van der Waals surface area (Å²) >= 11 is 3.10. The van der Waals surface area contributed by atoms with E-state index in [0.29, 0.717) is 18.8 Å². The number of carbonyl (C=O) groups is 1. The third-order valence-corrected chi connectivity index (χ3v) is 7.20. The van der Waals surface area contributed by atoms with Crippen molar-refractivity contribution < 1.29 is 14.3 Å². The summed E-state index contributed by atoms with van der Waals surface area (Å²) in [6.07, 6.45) is 4.57. The van der Waals surface area contributed by atoms with Gasteiger partial charge in [0.25, 0.3) is 0 Å². The van der Waals surface area contributed by atoms with Crippen LogP contribution in [0.2, 0.25) is 0 Å². The van der Waals surface area contributed by atoms with Crippen LogP contribution in [-0.4, -0.2) is 82.5 Å². The molecule has 1 saturated heterocycles. The Labute approximate surface area is 206 Å². The summed E-state index contributed by atoms with van der Waals surface area (Å²) in [6.45, 7) is 4.94. The molecule has 0 N–H and O–H groups in total. The first kappa shape index (κ1) is 23.8. The van der Waals surface area contributed by atoms with E-state index in [0.717, 1.165) is 57.5 Å². The van der Waals surface area contributed by atoms with Crippen LogP contribution in [0.3, 0.4) is 0 Å². The number of rotatable bonds is 9. The van der Waals surface area contributed by atoms with Gasteiger partial charge in [0.05, 0.1) is 7.11 Å². The fourth-order valence-corrected chi connectivity index (χ4v) is 5.50. The molecule has 1 aliphatic rings. The zero-order valence-electron chi connectivity index (χ0n) is 19.1. The van der Waals surface area contributed by atoms with Gasteiger partial charge in [0.2, 0.25) is 0 Å². The first-order valence-corrected chi connectivity index (χ1v) is 13.3. The van der Waals surface area contributed by atoms with Crippen LogP contribution in [0.5, 0.6) is 11.5 Å². The number of hydrogen-bond acceptors (Lipinski definition) is 8. The number of aromatic nitrogens is 3. The fraction of sp³-hybridized carbons (Fsp3) is 0.478. The molecule has 1 atom stereocenters. The number of methoxy groups -OCH3 is 1. The maximum absolute atomic E-state index is 12.7. The molecule has 3 aromatic rings. The predicted molar refractivity (Wildman–Crippen MR) is 134 cm³/mol. The van der Waals surface area contributed by atoms with E-state index in [1.54, 1.807) is 30.6 Å². The van der Waals surface area contributed by atoms with Gasteiger partial charge in [0, 0.05) is 0 Å². The second-order valence-electron chi connectivity index (χ2n) is 7.96. The molecule has 0 radical (unpaired) electrons. The van der Waals surface area contributed by atoms with Crippen LogP contribution in [-0.2, 0) is 11.2 Å². The fourth-order valence-electron chi connectivity index (χ4n) is 3.80. The summed E-state index contributed by atoms with van der Waals surface area (Å²) in [6, 6.07) is 7.24. The van der Waals surface area contributed by atoms with Crippen molar-refractivity contribution in [2.24, 2.45) is 0 Å². The monoisotopic (exact) mass is 531 g/mol. The molecule has 0 aliphatic carbocycles. The van der Waals surface area contributed by atoms with Gasteiger partial charge in [-0.2, -0.15) is 0 Å². The Kier molecular flexibility index (Phi) is 8.04. The van der Waals surface area contributed by atoms with Crippen molar-refractivity contribution in [1.29, 1.82) is 0 Å². The van der Waals surface area contributed by atoms with Crippen molar-refractivity contribution in [2.75, 3.05) is 44.8 Å². The Bertz CT molecular complexity index is 1080. The van der Waals surface area contributed by atoms with Crippen molar-refractivity contribution in [3.63, 3.8) is 0 Å². The van der Waals surface area contributed by atoms with Gasteiger partial charge in [-0.25, -0.2) is 0 Å². The Balaban J connectivity index is 1.36. The standard InChI is InChI=1S/C23H30AsN5O3S/c1-3-4-5-6-18-25-20-21(26-23(24)27-22(20)33-18)29-13-11-28(12-14-29)19(30)15-32-17-9-7-16(31-2)8-10-17/h7-10H,3-6,11-15,24H2,1-2H3. The summed E-state index contributed by atoms with van der Waals surface area (Å²) in [7, 11) is 1.62. The molecule has 1 aliphatic heterocycles. The first-order valence-electron chi connectivity index (χ1n) is 11.3. The van der Waals surface area contributed by atoms with E-state index in [1.807, 2.05) is 17.0 Å². The molecule has 0 spiro atoms. The Morgan fingerprint density at radius 3 is 2.48 bits per heavy atom. The van der Waals surface area contributed by atoms with E-state index in [4.69, 9.17) is 19.4 Å². The molecular formula is C23H30AsN5O3S. The number of fused-ring (bicyclic) bond motifs is 1. The maximum atomic E-state index is 12.7. The van der Waals surface area contributed by atoms with Crippen LogP contribution in [0.15, 0.2) is 24.3 Å². The number of hydrogen-bond donors (Lipinski definition) is 0. The Morgan fingerprint density at radius 2 is 1.79 bits per heavy atom. The van der Waals surface area contributed by atoms with Gasteiger partial charge in [-0.05, 0) is 12.1 Å². The van der Waals surface area contributed by atoms with Gasteiger partial charge in [0.15, 0.2) is 0 Å². The zero-order chi connectivity index (χ0) is 23.2. The van der Waals surface area contributed by atoms with E-state index < -0.39 is 0 Å². The quantitative estimate of drug-likeness (QED) is 0.308. The van der Waals surface area contributed by atoms with Crippen molar-refractivity contribution in [2.45, 2.75) is 32.6 Å². The van der Waals surface area contributed by atoms with Crippen molar-refractivity contribution in [3.05, 3.63) is 29.3 Å². The average Bonchev–Trinajstić information content (AvgIpc) is 3.25. The van der Waals surface area contributed by atoms with E-state index in [2.05, 4.69) is 16.8 Å². The summed E-state index contributed by atoms with van der Waals surface area (Å²) in [5.41, 5.74) is 0.899. The van der Waals surface area contributed by atoms with Crippen molar-refractivity contribution >= 4 is 54.9 Å². The van der Waals surface area contributed by atoms with Crippen LogP contribution < -0.4 is 19.0 Å². The van der Waals surface area contributed by atoms with Gasteiger partial charge in [-0.15, -0.1) is 0 Å². The van der Waals surface area contributed by atoms with Crippen LogP contribution in [0.1, 0.15) is 31.2 Å². The van der Waals surface area contributed by atoms with E-state index in [-0.39, 0.29) is 12.5 Å². The first-order chi connectivity index (χ1) is 16.1. The third kappa shape index (κ3) is 5.95. The molecule has 10 heteroatoms. The molecule has 0 bridgehead atoms. The number of amides is 1. The molecule has 2 aromatic heterocycles. The van der Waals surface area contributed by atoms with Crippen LogP contribution in [0, 0.1) is 0 Å². The second kappa shape index (κ2) is 11.2. The summed E-state index contributed by atoms with van der Waals surface area (Å²) in [5, 5.41) is 1.14. The molecule has 3 heterocycles. The van der Waals surface area contributed by atoms with Gasteiger partial charge in [-0.3, -0.25) is 0 Å². The topological polar surface area (TPSA) is 80.7 Å². The average molecular weight is 532 g/mol. The molecule has 4 rings (SSSR count). The third-order valence-electron chi connectivity index (χ3n) is 5.65. The number of anilines is 1. The molecule has 176 valence electrons.